The van der Waals surface area contributed by atoms with Crippen LogP contribution in [0.5, 0.6) is 0 Å². The first-order valence-corrected chi connectivity index (χ1v) is 5.04. The van der Waals surface area contributed by atoms with Gasteiger partial charge in [-0.05, 0) is 31.7 Å². The Hall–Kier alpha value is -0.0800. The van der Waals surface area contributed by atoms with Crippen LogP contribution in [0.4, 0.5) is 0 Å². The van der Waals surface area contributed by atoms with Crippen molar-refractivity contribution >= 4 is 0 Å². The van der Waals surface area contributed by atoms with Gasteiger partial charge in [-0.25, -0.2) is 0 Å². The molecule has 0 N–H and O–H groups in total. The molecule has 12 heavy (non-hydrogen) atoms. The first-order chi connectivity index (χ1) is 5.83. The van der Waals surface area contributed by atoms with Crippen molar-refractivity contribution in [3.63, 3.8) is 0 Å². The van der Waals surface area contributed by atoms with Crippen LogP contribution in [0.25, 0.3) is 0 Å². The Morgan fingerprint density at radius 2 is 2.33 bits per heavy atom. The molecule has 2 nitrogen and oxygen atoms in total. The summed E-state index contributed by atoms with van der Waals surface area (Å²) in [7, 11) is 1.78. The molecule has 1 fully saturated rings. The molecule has 0 aromatic heterocycles. The average molecular weight is 171 g/mol. The molecule has 0 aromatic rings. The maximum absolute atomic E-state index is 5.03. The van der Waals surface area contributed by atoms with Crippen molar-refractivity contribution in [3.8, 4) is 0 Å². The molecule has 1 atom stereocenters. The van der Waals surface area contributed by atoms with Gasteiger partial charge in [0, 0.05) is 26.8 Å². The van der Waals surface area contributed by atoms with Crippen LogP contribution in [0.2, 0.25) is 0 Å². The van der Waals surface area contributed by atoms with Crippen LogP contribution in [-0.2, 0) is 4.74 Å². The van der Waals surface area contributed by atoms with Gasteiger partial charge < -0.3 is 9.64 Å². The van der Waals surface area contributed by atoms with E-state index in [0.717, 1.165) is 12.5 Å². The lowest BCUT2D eigenvalue weighted by molar-refractivity contribution is 0.145. The Labute approximate surface area is 75.9 Å². The van der Waals surface area contributed by atoms with Crippen molar-refractivity contribution in [2.75, 3.05) is 33.4 Å². The quantitative estimate of drug-likeness (QED) is 0.598. The maximum Gasteiger partial charge on any atom is 0.0474 e. The molecule has 0 aliphatic carbocycles. The summed E-state index contributed by atoms with van der Waals surface area (Å²) < 4.78 is 5.03. The average Bonchev–Trinajstić information content (AvgIpc) is 2.05. The lowest BCUT2D eigenvalue weighted by atomic mass is 10.0. The Balaban J connectivity index is 2.06. The van der Waals surface area contributed by atoms with Crippen LogP contribution in [0.3, 0.4) is 0 Å². The number of hydrogen-bond acceptors (Lipinski definition) is 2. The molecule has 2 heteroatoms. The smallest absolute Gasteiger partial charge is 0.0474 e. The van der Waals surface area contributed by atoms with Crippen molar-refractivity contribution in [2.24, 2.45) is 5.92 Å². The fraction of sp³-hybridized carbons (Fsp3) is 1.00. The summed E-state index contributed by atoms with van der Waals surface area (Å²) in [6.45, 7) is 7.07. The number of methoxy groups -OCH3 is 1. The second-order valence-electron chi connectivity index (χ2n) is 3.89. The molecule has 0 aromatic carbocycles. The van der Waals surface area contributed by atoms with Gasteiger partial charge in [-0.3, -0.25) is 0 Å². The van der Waals surface area contributed by atoms with Gasteiger partial charge in [-0.1, -0.05) is 6.92 Å². The zero-order valence-electron chi connectivity index (χ0n) is 8.38. The van der Waals surface area contributed by atoms with Gasteiger partial charge >= 0.3 is 0 Å². The molecule has 0 amide bonds. The van der Waals surface area contributed by atoms with E-state index in [9.17, 15) is 0 Å². The number of nitrogens with zero attached hydrogens (tertiary/aromatic N) is 1. The monoisotopic (exact) mass is 171 g/mol. The molecular weight excluding hydrogens is 150 g/mol. The standard InChI is InChI=1S/C10H21NO/c1-10-5-3-6-11(9-10)7-4-8-12-2/h10H,3-9H2,1-2H3/t10-/m1/s1. The summed E-state index contributed by atoms with van der Waals surface area (Å²) in [6, 6.07) is 0. The van der Waals surface area contributed by atoms with E-state index >= 15 is 0 Å². The molecule has 1 heterocycles. The van der Waals surface area contributed by atoms with Gasteiger partial charge in [-0.15, -0.1) is 0 Å². The van der Waals surface area contributed by atoms with Gasteiger partial charge in [-0.2, -0.15) is 0 Å². The number of ether oxygens (including phenoxy) is 1. The maximum atomic E-state index is 5.03. The summed E-state index contributed by atoms with van der Waals surface area (Å²) in [6.07, 6.45) is 3.98. The Kier molecular flexibility index (Phi) is 4.62. The molecule has 1 aliphatic rings. The second kappa shape index (κ2) is 5.55. The zero-order chi connectivity index (χ0) is 8.81. The molecule has 0 bridgehead atoms. The van der Waals surface area contributed by atoms with Crippen molar-refractivity contribution in [3.05, 3.63) is 0 Å². The fourth-order valence-electron chi connectivity index (χ4n) is 1.92. The molecule has 0 radical (unpaired) electrons. The van der Waals surface area contributed by atoms with Crippen LogP contribution in [0.1, 0.15) is 26.2 Å². The van der Waals surface area contributed by atoms with Gasteiger partial charge in [0.1, 0.15) is 0 Å². The lowest BCUT2D eigenvalue weighted by Crippen LogP contribution is -2.35. The van der Waals surface area contributed by atoms with E-state index in [0.29, 0.717) is 0 Å². The highest BCUT2D eigenvalue weighted by atomic mass is 16.5. The first kappa shape index (κ1) is 10.0. The normalized spacial score (nSPS) is 26.0. The Morgan fingerprint density at radius 3 is 3.00 bits per heavy atom. The van der Waals surface area contributed by atoms with Crippen LogP contribution in [0.15, 0.2) is 0 Å². The molecular formula is C10H21NO. The minimum atomic E-state index is 0.904. The highest BCUT2D eigenvalue weighted by Gasteiger charge is 2.14. The Morgan fingerprint density at radius 1 is 1.50 bits per heavy atom. The molecule has 1 aliphatic heterocycles. The summed E-state index contributed by atoms with van der Waals surface area (Å²) in [5.41, 5.74) is 0. The summed E-state index contributed by atoms with van der Waals surface area (Å²) in [4.78, 5) is 2.56. The molecule has 1 rings (SSSR count). The lowest BCUT2D eigenvalue weighted by Gasteiger charge is -2.30. The van der Waals surface area contributed by atoms with Crippen LogP contribution in [0, 0.1) is 5.92 Å². The van der Waals surface area contributed by atoms with Gasteiger partial charge in [0.2, 0.25) is 0 Å². The zero-order valence-corrected chi connectivity index (χ0v) is 8.38. The number of hydrogen-bond donors (Lipinski definition) is 0. The second-order valence-corrected chi connectivity index (χ2v) is 3.89. The SMILES string of the molecule is COCCCN1CCC[C@@H](C)C1. The van der Waals surface area contributed by atoms with Crippen molar-refractivity contribution < 1.29 is 4.74 Å². The summed E-state index contributed by atoms with van der Waals surface area (Å²) in [5.74, 6) is 0.904. The summed E-state index contributed by atoms with van der Waals surface area (Å²) in [5, 5.41) is 0. The predicted octanol–water partition coefficient (Wildman–Crippen LogP) is 1.75. The number of likely N-dealkylation sites (tertiary alicyclic amines) is 1. The third-order valence-electron chi connectivity index (χ3n) is 2.56. The van der Waals surface area contributed by atoms with Gasteiger partial charge in [0.25, 0.3) is 0 Å². The molecule has 0 unspecified atom stereocenters. The van der Waals surface area contributed by atoms with E-state index in [1.54, 1.807) is 7.11 Å². The number of rotatable bonds is 4. The molecule has 0 spiro atoms. The van der Waals surface area contributed by atoms with E-state index in [1.807, 2.05) is 0 Å². The van der Waals surface area contributed by atoms with Gasteiger partial charge in [0.05, 0.1) is 0 Å². The highest BCUT2D eigenvalue weighted by molar-refractivity contribution is 4.69. The Bertz CT molecular complexity index is 116. The van der Waals surface area contributed by atoms with E-state index in [2.05, 4.69) is 11.8 Å². The third kappa shape index (κ3) is 3.55. The van der Waals surface area contributed by atoms with E-state index < -0.39 is 0 Å². The predicted molar refractivity (Wildman–Crippen MR) is 51.3 cm³/mol. The molecule has 72 valence electrons. The highest BCUT2D eigenvalue weighted by Crippen LogP contribution is 2.15. The van der Waals surface area contributed by atoms with E-state index in [-0.39, 0.29) is 0 Å². The first-order valence-electron chi connectivity index (χ1n) is 5.04. The van der Waals surface area contributed by atoms with Crippen molar-refractivity contribution in [1.29, 1.82) is 0 Å². The summed E-state index contributed by atoms with van der Waals surface area (Å²) >= 11 is 0. The fourth-order valence-corrected chi connectivity index (χ4v) is 1.92. The van der Waals surface area contributed by atoms with Crippen molar-refractivity contribution in [2.45, 2.75) is 26.2 Å². The van der Waals surface area contributed by atoms with Crippen molar-refractivity contribution in [1.82, 2.24) is 4.90 Å². The molecule has 1 saturated heterocycles. The minimum Gasteiger partial charge on any atom is -0.385 e. The van der Waals surface area contributed by atoms with Gasteiger partial charge in [0.15, 0.2) is 0 Å². The largest absolute Gasteiger partial charge is 0.385 e. The topological polar surface area (TPSA) is 12.5 Å². The minimum absolute atomic E-state index is 0.904. The van der Waals surface area contributed by atoms with E-state index in [4.69, 9.17) is 4.74 Å². The van der Waals surface area contributed by atoms with E-state index in [1.165, 1.54) is 38.9 Å². The molecule has 0 saturated carbocycles. The van der Waals surface area contributed by atoms with Crippen LogP contribution in [-0.4, -0.2) is 38.3 Å². The number of piperidine rings is 1. The third-order valence-corrected chi connectivity index (χ3v) is 2.56. The van der Waals surface area contributed by atoms with Crippen LogP contribution < -0.4 is 0 Å². The van der Waals surface area contributed by atoms with Crippen LogP contribution >= 0.6 is 0 Å².